The van der Waals surface area contributed by atoms with E-state index in [-0.39, 0.29) is 0 Å². The molecule has 0 aromatic carbocycles. The Bertz CT molecular complexity index is 497. The number of nitrogens with zero attached hydrogens (tertiary/aromatic N) is 2. The molecule has 0 aliphatic heterocycles. The third-order valence-corrected chi connectivity index (χ3v) is 2.77. The number of hydrogen-bond donors (Lipinski definition) is 0. The second-order valence-corrected chi connectivity index (χ2v) is 3.83. The monoisotopic (exact) mass is 202 g/mol. The SMILES string of the molecule is C=Cc1nc2ccc(/C=C\C)nc2s1. The van der Waals surface area contributed by atoms with E-state index in [0.717, 1.165) is 21.0 Å². The zero-order valence-electron chi connectivity index (χ0n) is 7.90. The van der Waals surface area contributed by atoms with Crippen molar-refractivity contribution < 1.29 is 0 Å². The first-order valence-electron chi connectivity index (χ1n) is 4.36. The normalized spacial score (nSPS) is 11.2. The van der Waals surface area contributed by atoms with Crippen LogP contribution in [0.2, 0.25) is 0 Å². The first kappa shape index (κ1) is 9.09. The van der Waals surface area contributed by atoms with Crippen LogP contribution in [0.25, 0.3) is 22.5 Å². The van der Waals surface area contributed by atoms with Crippen molar-refractivity contribution in [3.8, 4) is 0 Å². The molecule has 0 saturated heterocycles. The molecule has 14 heavy (non-hydrogen) atoms. The second-order valence-electron chi connectivity index (χ2n) is 2.82. The Morgan fingerprint density at radius 2 is 2.21 bits per heavy atom. The molecular formula is C11H10N2S. The van der Waals surface area contributed by atoms with Gasteiger partial charge < -0.3 is 0 Å². The smallest absolute Gasteiger partial charge is 0.144 e. The van der Waals surface area contributed by atoms with E-state index in [9.17, 15) is 0 Å². The Labute approximate surface area is 86.6 Å². The summed E-state index contributed by atoms with van der Waals surface area (Å²) in [6.45, 7) is 5.67. The Balaban J connectivity index is 2.59. The molecule has 0 unspecified atom stereocenters. The lowest BCUT2D eigenvalue weighted by atomic mass is 10.3. The standard InChI is InChI=1S/C11H10N2S/c1-3-5-8-6-7-9-11(12-8)14-10(4-2)13-9/h3-7H,2H2,1H3/b5-3-. The van der Waals surface area contributed by atoms with Gasteiger partial charge in [0.1, 0.15) is 15.4 Å². The molecule has 0 atom stereocenters. The topological polar surface area (TPSA) is 25.8 Å². The predicted molar refractivity (Wildman–Crippen MR) is 62.2 cm³/mol. The lowest BCUT2D eigenvalue weighted by Gasteiger charge is -1.90. The summed E-state index contributed by atoms with van der Waals surface area (Å²) in [7, 11) is 0. The van der Waals surface area contributed by atoms with Crippen LogP contribution in [-0.4, -0.2) is 9.97 Å². The van der Waals surface area contributed by atoms with Gasteiger partial charge in [0.05, 0.1) is 5.69 Å². The third-order valence-electron chi connectivity index (χ3n) is 1.81. The van der Waals surface area contributed by atoms with Gasteiger partial charge in [-0.15, -0.1) is 0 Å². The molecule has 0 bridgehead atoms. The maximum Gasteiger partial charge on any atom is 0.144 e. The van der Waals surface area contributed by atoms with Gasteiger partial charge in [-0.1, -0.05) is 24.0 Å². The summed E-state index contributed by atoms with van der Waals surface area (Å²) in [6, 6.07) is 3.95. The molecule has 70 valence electrons. The highest BCUT2D eigenvalue weighted by molar-refractivity contribution is 7.18. The van der Waals surface area contributed by atoms with E-state index in [2.05, 4.69) is 16.5 Å². The third kappa shape index (κ3) is 1.59. The predicted octanol–water partition coefficient (Wildman–Crippen LogP) is 3.37. The lowest BCUT2D eigenvalue weighted by Crippen LogP contribution is -1.78. The molecule has 2 aromatic heterocycles. The number of hydrogen-bond acceptors (Lipinski definition) is 3. The van der Waals surface area contributed by atoms with Gasteiger partial charge in [0, 0.05) is 0 Å². The lowest BCUT2D eigenvalue weighted by molar-refractivity contribution is 1.37. The molecule has 0 saturated carbocycles. The van der Waals surface area contributed by atoms with Crippen LogP contribution in [0.3, 0.4) is 0 Å². The summed E-state index contributed by atoms with van der Waals surface area (Å²) < 4.78 is 0. The Morgan fingerprint density at radius 1 is 1.36 bits per heavy atom. The first-order chi connectivity index (χ1) is 6.83. The van der Waals surface area contributed by atoms with Crippen LogP contribution in [0, 0.1) is 0 Å². The number of allylic oxidation sites excluding steroid dienone is 1. The average molecular weight is 202 g/mol. The Hall–Kier alpha value is -1.48. The van der Waals surface area contributed by atoms with Crippen molar-refractivity contribution in [3.63, 3.8) is 0 Å². The van der Waals surface area contributed by atoms with E-state index in [1.54, 1.807) is 17.4 Å². The van der Waals surface area contributed by atoms with Crippen molar-refractivity contribution in [1.82, 2.24) is 9.97 Å². The maximum atomic E-state index is 4.46. The van der Waals surface area contributed by atoms with Crippen LogP contribution in [0.15, 0.2) is 24.8 Å². The van der Waals surface area contributed by atoms with Crippen molar-refractivity contribution in [3.05, 3.63) is 35.5 Å². The van der Waals surface area contributed by atoms with Crippen LogP contribution in [0.4, 0.5) is 0 Å². The molecule has 2 rings (SSSR count). The van der Waals surface area contributed by atoms with E-state index >= 15 is 0 Å². The van der Waals surface area contributed by atoms with E-state index < -0.39 is 0 Å². The number of pyridine rings is 1. The fourth-order valence-electron chi connectivity index (χ4n) is 1.20. The molecule has 3 heteroatoms. The van der Waals surface area contributed by atoms with Crippen molar-refractivity contribution in [1.29, 1.82) is 0 Å². The number of fused-ring (bicyclic) bond motifs is 1. The molecule has 2 aromatic rings. The highest BCUT2D eigenvalue weighted by Crippen LogP contribution is 2.21. The van der Waals surface area contributed by atoms with E-state index in [1.165, 1.54) is 0 Å². The zero-order valence-corrected chi connectivity index (χ0v) is 8.71. The van der Waals surface area contributed by atoms with Crippen LogP contribution in [-0.2, 0) is 0 Å². The summed E-state index contributed by atoms with van der Waals surface area (Å²) in [5, 5.41) is 0.921. The molecule has 0 aliphatic rings. The molecule has 0 radical (unpaired) electrons. The minimum atomic E-state index is 0.921. The summed E-state index contributed by atoms with van der Waals surface area (Å²) in [6.07, 6.45) is 5.71. The van der Waals surface area contributed by atoms with Gasteiger partial charge in [0.15, 0.2) is 0 Å². The zero-order chi connectivity index (χ0) is 9.97. The van der Waals surface area contributed by atoms with Gasteiger partial charge in [-0.25, -0.2) is 9.97 Å². The highest BCUT2D eigenvalue weighted by atomic mass is 32.1. The minimum absolute atomic E-state index is 0.921. The highest BCUT2D eigenvalue weighted by Gasteiger charge is 2.01. The second kappa shape index (κ2) is 3.72. The fraction of sp³-hybridized carbons (Fsp3) is 0.0909. The summed E-state index contributed by atoms with van der Waals surface area (Å²) in [4.78, 5) is 9.77. The van der Waals surface area contributed by atoms with Gasteiger partial charge in [0.2, 0.25) is 0 Å². The van der Waals surface area contributed by atoms with E-state index in [4.69, 9.17) is 0 Å². The van der Waals surface area contributed by atoms with Gasteiger partial charge in [0.25, 0.3) is 0 Å². The molecule has 0 spiro atoms. The van der Waals surface area contributed by atoms with Crippen LogP contribution in [0.5, 0.6) is 0 Å². The number of rotatable bonds is 2. The maximum absolute atomic E-state index is 4.46. The molecular weight excluding hydrogens is 192 g/mol. The van der Waals surface area contributed by atoms with Crippen LogP contribution >= 0.6 is 11.3 Å². The van der Waals surface area contributed by atoms with Gasteiger partial charge >= 0.3 is 0 Å². The van der Waals surface area contributed by atoms with E-state index in [1.807, 2.05) is 31.2 Å². The molecule has 0 aliphatic carbocycles. The van der Waals surface area contributed by atoms with Gasteiger partial charge in [-0.3, -0.25) is 0 Å². The van der Waals surface area contributed by atoms with Crippen LogP contribution < -0.4 is 0 Å². The minimum Gasteiger partial charge on any atom is -0.236 e. The molecule has 0 amide bonds. The van der Waals surface area contributed by atoms with Crippen molar-refractivity contribution >= 4 is 33.8 Å². The Kier molecular flexibility index (Phi) is 2.41. The van der Waals surface area contributed by atoms with Crippen molar-refractivity contribution in [2.45, 2.75) is 6.92 Å². The largest absolute Gasteiger partial charge is 0.236 e. The van der Waals surface area contributed by atoms with Crippen molar-refractivity contribution in [2.75, 3.05) is 0 Å². The molecule has 0 fully saturated rings. The van der Waals surface area contributed by atoms with E-state index in [0.29, 0.717) is 0 Å². The number of thiazole rings is 1. The summed E-state index contributed by atoms with van der Waals surface area (Å²) >= 11 is 1.56. The summed E-state index contributed by atoms with van der Waals surface area (Å²) in [5.74, 6) is 0. The molecule has 2 heterocycles. The van der Waals surface area contributed by atoms with Gasteiger partial charge in [-0.05, 0) is 31.2 Å². The average Bonchev–Trinajstić information content (AvgIpc) is 2.60. The Morgan fingerprint density at radius 3 is 2.93 bits per heavy atom. The molecule has 0 N–H and O–H groups in total. The molecule has 2 nitrogen and oxygen atoms in total. The van der Waals surface area contributed by atoms with Gasteiger partial charge in [-0.2, -0.15) is 0 Å². The number of aromatic nitrogens is 2. The van der Waals surface area contributed by atoms with Crippen molar-refractivity contribution in [2.24, 2.45) is 0 Å². The quantitative estimate of drug-likeness (QED) is 0.746. The van der Waals surface area contributed by atoms with Crippen LogP contribution in [0.1, 0.15) is 17.6 Å². The summed E-state index contributed by atoms with van der Waals surface area (Å²) in [5.41, 5.74) is 1.91. The first-order valence-corrected chi connectivity index (χ1v) is 5.18. The fourth-order valence-corrected chi connectivity index (χ4v) is 1.99.